The van der Waals surface area contributed by atoms with Gasteiger partial charge in [-0.05, 0) is 23.8 Å². The highest BCUT2D eigenvalue weighted by molar-refractivity contribution is 5.74. The van der Waals surface area contributed by atoms with Crippen LogP contribution in [0.2, 0.25) is 0 Å². The normalized spacial score (nSPS) is 13.5. The Kier molecular flexibility index (Phi) is 2.00. The first-order valence-corrected chi connectivity index (χ1v) is 3.91. The number of carbonyl (C=O) groups excluding carboxylic acids is 1. The van der Waals surface area contributed by atoms with Crippen molar-refractivity contribution in [2.75, 3.05) is 6.79 Å². The summed E-state index contributed by atoms with van der Waals surface area (Å²) in [7, 11) is 0. The fourth-order valence-corrected chi connectivity index (χ4v) is 1.17. The molecule has 3 nitrogen and oxygen atoms in total. The van der Waals surface area contributed by atoms with E-state index in [0.29, 0.717) is 0 Å². The van der Waals surface area contributed by atoms with Crippen LogP contribution in [0.5, 0.6) is 11.5 Å². The van der Waals surface area contributed by atoms with Crippen molar-refractivity contribution in [3.05, 3.63) is 29.8 Å². The molecule has 0 saturated heterocycles. The Morgan fingerprint density at radius 2 is 2.08 bits per heavy atom. The van der Waals surface area contributed by atoms with E-state index in [1.807, 2.05) is 18.2 Å². The lowest BCUT2D eigenvalue weighted by molar-refractivity contribution is -0.104. The second kappa shape index (κ2) is 3.31. The van der Waals surface area contributed by atoms with Gasteiger partial charge in [0.25, 0.3) is 0 Å². The summed E-state index contributed by atoms with van der Waals surface area (Å²) in [6.45, 7) is 0.274. The Bertz CT molecular complexity index is 355. The van der Waals surface area contributed by atoms with Crippen LogP contribution in [0.25, 0.3) is 6.08 Å². The van der Waals surface area contributed by atoms with Gasteiger partial charge in [0.1, 0.15) is 6.29 Å². The number of carbonyl (C=O) groups is 1. The van der Waals surface area contributed by atoms with Crippen molar-refractivity contribution in [2.24, 2.45) is 0 Å². The lowest BCUT2D eigenvalue weighted by atomic mass is 10.2. The molecule has 0 radical (unpaired) electrons. The van der Waals surface area contributed by atoms with Crippen LogP contribution in [0, 0.1) is 0 Å². The second-order valence-corrected chi connectivity index (χ2v) is 2.61. The van der Waals surface area contributed by atoms with E-state index in [2.05, 4.69) is 0 Å². The maximum absolute atomic E-state index is 10.1. The summed E-state index contributed by atoms with van der Waals surface area (Å²) in [4.78, 5) is 10.1. The minimum atomic E-state index is 0.274. The average Bonchev–Trinajstić information content (AvgIpc) is 2.61. The third kappa shape index (κ3) is 1.54. The number of aldehydes is 1. The lowest BCUT2D eigenvalue weighted by Crippen LogP contribution is -1.92. The molecule has 0 N–H and O–H groups in total. The number of fused-ring (bicyclic) bond motifs is 1. The van der Waals surface area contributed by atoms with Gasteiger partial charge in [-0.1, -0.05) is 12.1 Å². The van der Waals surface area contributed by atoms with Crippen LogP contribution < -0.4 is 9.47 Å². The number of benzene rings is 1. The average molecular weight is 176 g/mol. The molecule has 13 heavy (non-hydrogen) atoms. The molecule has 1 aromatic rings. The fraction of sp³-hybridized carbons (Fsp3) is 0.100. The fourth-order valence-electron chi connectivity index (χ4n) is 1.17. The number of hydrogen-bond donors (Lipinski definition) is 0. The highest BCUT2D eigenvalue weighted by Crippen LogP contribution is 2.32. The second-order valence-electron chi connectivity index (χ2n) is 2.61. The molecule has 1 heterocycles. The SMILES string of the molecule is O=C/C=C/c1ccc2c(c1)OCO2. The van der Waals surface area contributed by atoms with Gasteiger partial charge in [-0.3, -0.25) is 4.79 Å². The zero-order valence-electron chi connectivity index (χ0n) is 6.90. The molecule has 1 aliphatic heterocycles. The Morgan fingerprint density at radius 1 is 1.23 bits per heavy atom. The Balaban J connectivity index is 2.30. The summed E-state index contributed by atoms with van der Waals surface area (Å²) in [5.41, 5.74) is 0.927. The number of ether oxygens (including phenoxy) is 2. The van der Waals surface area contributed by atoms with E-state index < -0.39 is 0 Å². The van der Waals surface area contributed by atoms with Gasteiger partial charge in [-0.2, -0.15) is 0 Å². The molecule has 0 spiro atoms. The molecule has 0 saturated carbocycles. The van der Waals surface area contributed by atoms with Crippen LogP contribution in [0.1, 0.15) is 5.56 Å². The highest BCUT2D eigenvalue weighted by atomic mass is 16.7. The minimum Gasteiger partial charge on any atom is -0.454 e. The Labute approximate surface area is 75.6 Å². The van der Waals surface area contributed by atoms with Crippen molar-refractivity contribution >= 4 is 12.4 Å². The van der Waals surface area contributed by atoms with Crippen LogP contribution in [-0.2, 0) is 4.79 Å². The zero-order chi connectivity index (χ0) is 9.10. The monoisotopic (exact) mass is 176 g/mol. The zero-order valence-corrected chi connectivity index (χ0v) is 6.90. The van der Waals surface area contributed by atoms with Gasteiger partial charge in [0.15, 0.2) is 11.5 Å². The summed E-state index contributed by atoms with van der Waals surface area (Å²) in [6.07, 6.45) is 3.90. The summed E-state index contributed by atoms with van der Waals surface area (Å²) < 4.78 is 10.3. The van der Waals surface area contributed by atoms with Crippen molar-refractivity contribution in [1.82, 2.24) is 0 Å². The first-order chi connectivity index (χ1) is 6.40. The molecule has 0 aliphatic carbocycles. The molecule has 0 atom stereocenters. The summed E-state index contributed by atoms with van der Waals surface area (Å²) in [6, 6.07) is 5.53. The Hall–Kier alpha value is -1.77. The van der Waals surface area contributed by atoms with Crippen LogP contribution in [0.4, 0.5) is 0 Å². The van der Waals surface area contributed by atoms with Gasteiger partial charge in [-0.15, -0.1) is 0 Å². The molecule has 0 fully saturated rings. The number of hydrogen-bond acceptors (Lipinski definition) is 3. The first kappa shape index (κ1) is 7.86. The maximum Gasteiger partial charge on any atom is 0.231 e. The molecule has 2 rings (SSSR count). The maximum atomic E-state index is 10.1. The molecular formula is C10H8O3. The number of rotatable bonds is 2. The molecule has 3 heteroatoms. The lowest BCUT2D eigenvalue weighted by Gasteiger charge is -1.96. The quantitative estimate of drug-likeness (QED) is 0.507. The van der Waals surface area contributed by atoms with E-state index in [1.165, 1.54) is 6.08 Å². The van der Waals surface area contributed by atoms with E-state index in [4.69, 9.17) is 9.47 Å². The van der Waals surface area contributed by atoms with Gasteiger partial charge in [-0.25, -0.2) is 0 Å². The third-order valence-electron chi connectivity index (χ3n) is 1.76. The molecule has 1 aliphatic rings. The van der Waals surface area contributed by atoms with Crippen molar-refractivity contribution in [1.29, 1.82) is 0 Å². The summed E-state index contributed by atoms with van der Waals surface area (Å²) in [5, 5.41) is 0. The smallest absolute Gasteiger partial charge is 0.231 e. The van der Waals surface area contributed by atoms with E-state index in [1.54, 1.807) is 6.08 Å². The molecule has 0 aromatic heterocycles. The van der Waals surface area contributed by atoms with Gasteiger partial charge < -0.3 is 9.47 Å². The molecular weight excluding hydrogens is 168 g/mol. The van der Waals surface area contributed by atoms with E-state index in [0.717, 1.165) is 23.3 Å². The van der Waals surface area contributed by atoms with Crippen LogP contribution in [-0.4, -0.2) is 13.1 Å². The molecule has 0 unspecified atom stereocenters. The predicted molar refractivity (Wildman–Crippen MR) is 47.7 cm³/mol. The first-order valence-electron chi connectivity index (χ1n) is 3.91. The van der Waals surface area contributed by atoms with E-state index in [-0.39, 0.29) is 6.79 Å². The van der Waals surface area contributed by atoms with Gasteiger partial charge in [0.2, 0.25) is 6.79 Å². The summed E-state index contributed by atoms with van der Waals surface area (Å²) in [5.74, 6) is 1.48. The number of allylic oxidation sites excluding steroid dienone is 1. The van der Waals surface area contributed by atoms with Crippen molar-refractivity contribution in [3.63, 3.8) is 0 Å². The minimum absolute atomic E-state index is 0.274. The predicted octanol–water partition coefficient (Wildman–Crippen LogP) is 1.63. The van der Waals surface area contributed by atoms with Crippen LogP contribution in [0.3, 0.4) is 0 Å². The van der Waals surface area contributed by atoms with E-state index in [9.17, 15) is 4.79 Å². The van der Waals surface area contributed by atoms with Crippen molar-refractivity contribution in [2.45, 2.75) is 0 Å². The molecule has 66 valence electrons. The largest absolute Gasteiger partial charge is 0.454 e. The van der Waals surface area contributed by atoms with Crippen molar-refractivity contribution < 1.29 is 14.3 Å². The Morgan fingerprint density at radius 3 is 2.92 bits per heavy atom. The van der Waals surface area contributed by atoms with Gasteiger partial charge in [0.05, 0.1) is 0 Å². The third-order valence-corrected chi connectivity index (χ3v) is 1.76. The molecule has 0 bridgehead atoms. The standard InChI is InChI=1S/C10H8O3/c11-5-1-2-8-3-4-9-10(6-8)13-7-12-9/h1-6H,7H2/b2-1+. The topological polar surface area (TPSA) is 35.5 Å². The molecule has 1 aromatic carbocycles. The van der Waals surface area contributed by atoms with E-state index >= 15 is 0 Å². The summed E-state index contributed by atoms with van der Waals surface area (Å²) >= 11 is 0. The molecule has 0 amide bonds. The van der Waals surface area contributed by atoms with Crippen LogP contribution in [0.15, 0.2) is 24.3 Å². The van der Waals surface area contributed by atoms with Gasteiger partial charge >= 0.3 is 0 Å². The highest BCUT2D eigenvalue weighted by Gasteiger charge is 2.11. The van der Waals surface area contributed by atoms with Crippen molar-refractivity contribution in [3.8, 4) is 11.5 Å². The van der Waals surface area contributed by atoms with Gasteiger partial charge in [0, 0.05) is 0 Å². The van der Waals surface area contributed by atoms with Crippen LogP contribution >= 0.6 is 0 Å².